The molecule has 21 heavy (non-hydrogen) atoms. The highest BCUT2D eigenvalue weighted by atomic mass is 19.1. The van der Waals surface area contributed by atoms with Crippen molar-refractivity contribution in [3.8, 4) is 0 Å². The van der Waals surface area contributed by atoms with Gasteiger partial charge in [0.25, 0.3) is 0 Å². The van der Waals surface area contributed by atoms with Crippen LogP contribution in [-0.2, 0) is 0 Å². The van der Waals surface area contributed by atoms with Crippen molar-refractivity contribution < 1.29 is 4.39 Å². The zero-order valence-corrected chi connectivity index (χ0v) is 12.3. The second kappa shape index (κ2) is 6.23. The minimum absolute atomic E-state index is 0.179. The predicted octanol–water partition coefficient (Wildman–Crippen LogP) is 4.32. The van der Waals surface area contributed by atoms with Gasteiger partial charge >= 0.3 is 0 Å². The molecule has 1 N–H and O–H groups in total. The molecule has 0 saturated carbocycles. The van der Waals surface area contributed by atoms with Crippen LogP contribution < -0.4 is 5.32 Å². The normalized spacial score (nSPS) is 17.6. The Morgan fingerprint density at radius 2 is 1.81 bits per heavy atom. The van der Waals surface area contributed by atoms with Gasteiger partial charge in [-0.3, -0.25) is 0 Å². The fourth-order valence-corrected chi connectivity index (χ4v) is 2.99. The lowest BCUT2D eigenvalue weighted by Crippen LogP contribution is -2.24. The Labute approximate surface area is 125 Å². The number of hydrogen-bond acceptors (Lipinski definition) is 1. The van der Waals surface area contributed by atoms with Gasteiger partial charge in [0.1, 0.15) is 5.82 Å². The fourth-order valence-electron chi connectivity index (χ4n) is 2.99. The third-order valence-corrected chi connectivity index (χ3v) is 3.94. The van der Waals surface area contributed by atoms with E-state index in [0.717, 1.165) is 31.5 Å². The van der Waals surface area contributed by atoms with E-state index >= 15 is 0 Å². The summed E-state index contributed by atoms with van der Waals surface area (Å²) >= 11 is 0. The molecule has 1 aliphatic rings. The van der Waals surface area contributed by atoms with Crippen LogP contribution in [0.2, 0.25) is 0 Å². The van der Waals surface area contributed by atoms with E-state index in [1.165, 1.54) is 28.3 Å². The Kier molecular flexibility index (Phi) is 4.16. The fraction of sp³-hybridized carbons (Fsp3) is 0.263. The Morgan fingerprint density at radius 3 is 2.48 bits per heavy atom. The van der Waals surface area contributed by atoms with E-state index in [9.17, 15) is 4.39 Å². The quantitative estimate of drug-likeness (QED) is 0.864. The van der Waals surface area contributed by atoms with Crippen molar-refractivity contribution in [1.82, 2.24) is 5.32 Å². The topological polar surface area (TPSA) is 12.0 Å². The standard InChI is InChI=1S/C19H20FN/c1-14-5-2-6-15(11-14)19(17-8-4-10-21-13-17)16-7-3-9-18(20)12-16/h2-3,5-7,9,11-12,21H,4,8,10,13H2,1H3/b19-17-. The van der Waals surface area contributed by atoms with E-state index in [-0.39, 0.29) is 5.82 Å². The van der Waals surface area contributed by atoms with Gasteiger partial charge in [-0.05, 0) is 60.7 Å². The van der Waals surface area contributed by atoms with E-state index < -0.39 is 0 Å². The monoisotopic (exact) mass is 281 g/mol. The van der Waals surface area contributed by atoms with Gasteiger partial charge in [-0.2, -0.15) is 0 Å². The van der Waals surface area contributed by atoms with E-state index in [1.54, 1.807) is 12.1 Å². The lowest BCUT2D eigenvalue weighted by molar-refractivity contribution is 0.611. The van der Waals surface area contributed by atoms with Crippen LogP contribution in [0.1, 0.15) is 29.5 Å². The van der Waals surface area contributed by atoms with Crippen LogP contribution in [0.25, 0.3) is 5.57 Å². The molecule has 2 aromatic carbocycles. The molecule has 0 aliphatic carbocycles. The van der Waals surface area contributed by atoms with Crippen LogP contribution in [0, 0.1) is 12.7 Å². The number of aryl methyl sites for hydroxylation is 1. The number of rotatable bonds is 2. The third kappa shape index (κ3) is 3.22. The second-order valence-corrected chi connectivity index (χ2v) is 5.64. The van der Waals surface area contributed by atoms with Crippen molar-refractivity contribution in [1.29, 1.82) is 0 Å². The van der Waals surface area contributed by atoms with Crippen molar-refractivity contribution in [2.75, 3.05) is 13.1 Å². The summed E-state index contributed by atoms with van der Waals surface area (Å²) in [5.74, 6) is -0.179. The molecule has 0 radical (unpaired) electrons. The lowest BCUT2D eigenvalue weighted by Gasteiger charge is -2.21. The molecule has 2 heteroatoms. The van der Waals surface area contributed by atoms with Gasteiger partial charge in [0.05, 0.1) is 0 Å². The molecule has 0 atom stereocenters. The van der Waals surface area contributed by atoms with E-state index in [4.69, 9.17) is 0 Å². The summed E-state index contributed by atoms with van der Waals surface area (Å²) in [5.41, 5.74) is 5.94. The molecule has 0 aromatic heterocycles. The molecular formula is C19H20FN. The van der Waals surface area contributed by atoms with Gasteiger partial charge in [0.15, 0.2) is 0 Å². The molecule has 1 heterocycles. The molecule has 1 aliphatic heterocycles. The van der Waals surface area contributed by atoms with Crippen LogP contribution in [0.15, 0.2) is 54.1 Å². The molecule has 1 nitrogen and oxygen atoms in total. The Hall–Kier alpha value is -1.93. The summed E-state index contributed by atoms with van der Waals surface area (Å²) in [4.78, 5) is 0. The first kappa shape index (κ1) is 14.0. The highest BCUT2D eigenvalue weighted by Gasteiger charge is 2.15. The largest absolute Gasteiger partial charge is 0.313 e. The number of piperidine rings is 1. The molecule has 108 valence electrons. The van der Waals surface area contributed by atoms with E-state index in [0.29, 0.717) is 0 Å². The van der Waals surface area contributed by atoms with Gasteiger partial charge in [0.2, 0.25) is 0 Å². The Balaban J connectivity index is 2.15. The van der Waals surface area contributed by atoms with Crippen molar-refractivity contribution >= 4 is 5.57 Å². The van der Waals surface area contributed by atoms with E-state index in [2.05, 4.69) is 36.5 Å². The van der Waals surface area contributed by atoms with Crippen LogP contribution in [0.3, 0.4) is 0 Å². The van der Waals surface area contributed by atoms with Gasteiger partial charge in [0, 0.05) is 6.54 Å². The molecule has 1 fully saturated rings. The van der Waals surface area contributed by atoms with Gasteiger partial charge in [-0.1, -0.05) is 42.0 Å². The number of halogens is 1. The Bertz CT molecular complexity index is 617. The second-order valence-electron chi connectivity index (χ2n) is 5.64. The summed E-state index contributed by atoms with van der Waals surface area (Å²) in [5, 5.41) is 3.43. The average molecular weight is 281 g/mol. The smallest absolute Gasteiger partial charge is 0.123 e. The highest BCUT2D eigenvalue weighted by Crippen LogP contribution is 2.30. The van der Waals surface area contributed by atoms with Gasteiger partial charge in [-0.15, -0.1) is 0 Å². The summed E-state index contributed by atoms with van der Waals surface area (Å²) in [6.07, 6.45) is 2.22. The number of benzene rings is 2. The predicted molar refractivity (Wildman–Crippen MR) is 85.7 cm³/mol. The van der Waals surface area contributed by atoms with Crippen LogP contribution in [0.4, 0.5) is 4.39 Å². The molecule has 3 rings (SSSR count). The molecule has 0 unspecified atom stereocenters. The first-order valence-corrected chi connectivity index (χ1v) is 7.50. The molecule has 0 spiro atoms. The van der Waals surface area contributed by atoms with Crippen molar-refractivity contribution in [2.45, 2.75) is 19.8 Å². The maximum absolute atomic E-state index is 13.7. The zero-order chi connectivity index (χ0) is 14.7. The molecule has 2 aromatic rings. The summed E-state index contributed by atoms with van der Waals surface area (Å²) < 4.78 is 13.7. The van der Waals surface area contributed by atoms with Crippen molar-refractivity contribution in [3.05, 3.63) is 76.6 Å². The first-order valence-electron chi connectivity index (χ1n) is 7.50. The molecular weight excluding hydrogens is 261 g/mol. The Morgan fingerprint density at radius 1 is 1.05 bits per heavy atom. The third-order valence-electron chi connectivity index (χ3n) is 3.94. The minimum Gasteiger partial charge on any atom is -0.313 e. The molecule has 1 saturated heterocycles. The van der Waals surface area contributed by atoms with Crippen LogP contribution >= 0.6 is 0 Å². The number of hydrogen-bond donors (Lipinski definition) is 1. The van der Waals surface area contributed by atoms with Crippen LogP contribution in [0.5, 0.6) is 0 Å². The van der Waals surface area contributed by atoms with Crippen molar-refractivity contribution in [3.63, 3.8) is 0 Å². The minimum atomic E-state index is -0.179. The highest BCUT2D eigenvalue weighted by molar-refractivity contribution is 5.82. The van der Waals surface area contributed by atoms with Gasteiger partial charge in [-0.25, -0.2) is 4.39 Å². The maximum atomic E-state index is 13.7. The summed E-state index contributed by atoms with van der Waals surface area (Å²) in [6, 6.07) is 15.4. The summed E-state index contributed by atoms with van der Waals surface area (Å²) in [7, 11) is 0. The zero-order valence-electron chi connectivity index (χ0n) is 12.3. The SMILES string of the molecule is Cc1cccc(/C(=C2\CCCNC2)c2cccc(F)c2)c1. The van der Waals surface area contributed by atoms with Gasteiger partial charge < -0.3 is 5.32 Å². The first-order chi connectivity index (χ1) is 10.2. The lowest BCUT2D eigenvalue weighted by atomic mass is 9.89. The summed E-state index contributed by atoms with van der Waals surface area (Å²) in [6.45, 7) is 4.05. The number of nitrogens with one attached hydrogen (secondary N) is 1. The average Bonchev–Trinajstić information content (AvgIpc) is 2.49. The maximum Gasteiger partial charge on any atom is 0.123 e. The van der Waals surface area contributed by atoms with Crippen LogP contribution in [-0.4, -0.2) is 13.1 Å². The molecule has 0 bridgehead atoms. The molecule has 0 amide bonds. The van der Waals surface area contributed by atoms with E-state index in [1.807, 2.05) is 6.07 Å². The van der Waals surface area contributed by atoms with Crippen molar-refractivity contribution in [2.24, 2.45) is 0 Å².